The van der Waals surface area contributed by atoms with Crippen LogP contribution in [0.2, 0.25) is 0 Å². The minimum absolute atomic E-state index is 0.00691. The Labute approximate surface area is 222 Å². The van der Waals surface area contributed by atoms with Gasteiger partial charge in [0.2, 0.25) is 18.1 Å². The molecule has 4 atom stereocenters. The number of amides is 3. The first-order chi connectivity index (χ1) is 18.2. The van der Waals surface area contributed by atoms with Crippen molar-refractivity contribution in [2.75, 3.05) is 6.54 Å². The van der Waals surface area contributed by atoms with Crippen molar-refractivity contribution in [3.8, 4) is 0 Å². The first-order valence-electron chi connectivity index (χ1n) is 13.1. The zero-order chi connectivity index (χ0) is 27.2. The predicted octanol–water partition coefficient (Wildman–Crippen LogP) is 2.72. The molecule has 0 aromatic heterocycles. The van der Waals surface area contributed by atoms with E-state index in [4.69, 9.17) is 9.47 Å². The zero-order valence-corrected chi connectivity index (χ0v) is 22.0. The summed E-state index contributed by atoms with van der Waals surface area (Å²) in [4.78, 5) is 53.3. The molecule has 0 aliphatic carbocycles. The third kappa shape index (κ3) is 6.58. The highest BCUT2D eigenvalue weighted by Crippen LogP contribution is 2.23. The third-order valence-electron chi connectivity index (χ3n) is 6.89. The third-order valence-corrected chi connectivity index (χ3v) is 6.89. The number of benzene rings is 2. The van der Waals surface area contributed by atoms with E-state index in [2.05, 4.69) is 10.6 Å². The van der Waals surface area contributed by atoms with E-state index in [1.165, 1.54) is 4.90 Å². The van der Waals surface area contributed by atoms with Crippen LogP contribution in [0.25, 0.3) is 0 Å². The number of esters is 1. The first kappa shape index (κ1) is 27.3. The summed E-state index contributed by atoms with van der Waals surface area (Å²) in [6, 6.07) is 14.5. The zero-order valence-electron chi connectivity index (χ0n) is 22.0. The van der Waals surface area contributed by atoms with Crippen molar-refractivity contribution < 1.29 is 28.7 Å². The van der Waals surface area contributed by atoms with E-state index >= 15 is 0 Å². The molecule has 2 aliphatic heterocycles. The number of ether oxygens (including phenoxy) is 2. The number of aryl methyl sites for hydroxylation is 1. The van der Waals surface area contributed by atoms with Crippen LogP contribution in [0.3, 0.4) is 0 Å². The van der Waals surface area contributed by atoms with Crippen LogP contribution >= 0.6 is 0 Å². The molecule has 2 fully saturated rings. The number of nitrogens with zero attached hydrogens (tertiary/aromatic N) is 1. The summed E-state index contributed by atoms with van der Waals surface area (Å²) in [7, 11) is 0. The molecule has 4 rings (SSSR count). The van der Waals surface area contributed by atoms with Crippen molar-refractivity contribution in [2.45, 2.75) is 71.1 Å². The Bertz CT molecular complexity index is 1170. The summed E-state index contributed by atoms with van der Waals surface area (Å²) in [5.41, 5.74) is 2.34. The second-order valence-corrected chi connectivity index (χ2v) is 10.2. The molecule has 3 amide bonds. The molecule has 2 N–H and O–H groups in total. The highest BCUT2D eigenvalue weighted by atomic mass is 16.7. The molecule has 2 aliphatic rings. The maximum Gasteiger partial charge on any atom is 0.310 e. The second kappa shape index (κ2) is 12.2. The topological polar surface area (TPSA) is 114 Å². The molecule has 0 bridgehead atoms. The van der Waals surface area contributed by atoms with Gasteiger partial charge in [-0.2, -0.15) is 0 Å². The molecule has 2 saturated heterocycles. The summed E-state index contributed by atoms with van der Waals surface area (Å²) in [6.07, 6.45) is 0.238. The van der Waals surface area contributed by atoms with Crippen molar-refractivity contribution in [1.82, 2.24) is 15.5 Å². The molecule has 2 aromatic carbocycles. The standard InChI is InChI=1S/C29H35N3O6/c1-18(2)25(31-26(34)21-12-7-9-19(3)15-21)28(36)32-14-8-13-23(32)27(35)30-22-16-24(33)38-29(22)37-17-20-10-5-4-6-11-20/h4-7,9-12,15,18,22-23,25,29H,8,13-14,16-17H2,1-3H3,(H,30,35)(H,31,34)/t22-,23-,25-,29?/m0/s1. The van der Waals surface area contributed by atoms with Crippen LogP contribution in [0.1, 0.15) is 54.6 Å². The van der Waals surface area contributed by atoms with Crippen molar-refractivity contribution in [2.24, 2.45) is 5.92 Å². The minimum Gasteiger partial charge on any atom is -0.433 e. The van der Waals surface area contributed by atoms with Crippen molar-refractivity contribution in [3.63, 3.8) is 0 Å². The van der Waals surface area contributed by atoms with Gasteiger partial charge in [-0.15, -0.1) is 0 Å². The molecule has 2 heterocycles. The van der Waals surface area contributed by atoms with Gasteiger partial charge in [-0.1, -0.05) is 61.9 Å². The van der Waals surface area contributed by atoms with Crippen LogP contribution in [0.5, 0.6) is 0 Å². The van der Waals surface area contributed by atoms with Gasteiger partial charge in [0, 0.05) is 12.1 Å². The van der Waals surface area contributed by atoms with Crippen molar-refractivity contribution in [3.05, 3.63) is 71.3 Å². The minimum atomic E-state index is -0.908. The van der Waals surface area contributed by atoms with E-state index in [9.17, 15) is 19.2 Å². The summed E-state index contributed by atoms with van der Waals surface area (Å²) in [5, 5.41) is 5.74. The molecule has 0 radical (unpaired) electrons. The van der Waals surface area contributed by atoms with Gasteiger partial charge >= 0.3 is 5.97 Å². The number of carbonyl (C=O) groups is 4. The second-order valence-electron chi connectivity index (χ2n) is 10.2. The molecule has 2 aromatic rings. The van der Waals surface area contributed by atoms with Gasteiger partial charge < -0.3 is 25.0 Å². The van der Waals surface area contributed by atoms with Gasteiger partial charge in [-0.05, 0) is 43.4 Å². The van der Waals surface area contributed by atoms with Gasteiger partial charge in [0.15, 0.2) is 0 Å². The molecule has 0 spiro atoms. The van der Waals surface area contributed by atoms with E-state index in [1.54, 1.807) is 18.2 Å². The fourth-order valence-corrected chi connectivity index (χ4v) is 4.84. The Morgan fingerprint density at radius 3 is 2.58 bits per heavy atom. The maximum atomic E-state index is 13.6. The Balaban J connectivity index is 1.40. The lowest BCUT2D eigenvalue weighted by atomic mass is 10.0. The normalized spacial score (nSPS) is 21.7. The van der Waals surface area contributed by atoms with E-state index in [0.717, 1.165) is 11.1 Å². The van der Waals surface area contributed by atoms with Gasteiger partial charge in [-0.3, -0.25) is 19.2 Å². The Morgan fingerprint density at radius 2 is 1.87 bits per heavy atom. The largest absolute Gasteiger partial charge is 0.433 e. The molecule has 1 unspecified atom stereocenters. The number of nitrogens with one attached hydrogen (secondary N) is 2. The molecule has 0 saturated carbocycles. The van der Waals surface area contributed by atoms with Crippen LogP contribution < -0.4 is 10.6 Å². The smallest absolute Gasteiger partial charge is 0.310 e. The number of cyclic esters (lactones) is 1. The van der Waals surface area contributed by atoms with Crippen LogP contribution in [-0.2, 0) is 30.5 Å². The quantitative estimate of drug-likeness (QED) is 0.491. The first-order valence-corrected chi connectivity index (χ1v) is 13.1. The van der Waals surface area contributed by atoms with Gasteiger partial charge in [0.05, 0.1) is 13.0 Å². The molecular formula is C29H35N3O6. The number of carbonyl (C=O) groups excluding carboxylic acids is 4. The van der Waals surface area contributed by atoms with E-state index < -0.39 is 30.4 Å². The predicted molar refractivity (Wildman–Crippen MR) is 140 cm³/mol. The average Bonchev–Trinajstić information content (AvgIpc) is 3.52. The van der Waals surface area contributed by atoms with Crippen LogP contribution in [-0.4, -0.2) is 59.6 Å². The molecule has 38 heavy (non-hydrogen) atoms. The fraction of sp³-hybridized carbons (Fsp3) is 0.448. The van der Waals surface area contributed by atoms with Crippen LogP contribution in [0.15, 0.2) is 54.6 Å². The highest BCUT2D eigenvalue weighted by Gasteiger charge is 2.42. The summed E-state index contributed by atoms with van der Waals surface area (Å²) < 4.78 is 11.1. The van der Waals surface area contributed by atoms with E-state index in [-0.39, 0.29) is 36.7 Å². The molecular weight excluding hydrogens is 486 g/mol. The fourth-order valence-electron chi connectivity index (χ4n) is 4.84. The Hall–Kier alpha value is -3.72. The van der Waals surface area contributed by atoms with E-state index in [0.29, 0.717) is 24.9 Å². The van der Waals surface area contributed by atoms with Gasteiger partial charge in [-0.25, -0.2) is 0 Å². The molecule has 9 nitrogen and oxygen atoms in total. The van der Waals surface area contributed by atoms with E-state index in [1.807, 2.05) is 57.2 Å². The Kier molecular flexibility index (Phi) is 8.78. The lowest BCUT2D eigenvalue weighted by molar-refractivity contribution is -0.168. The monoisotopic (exact) mass is 521 g/mol. The van der Waals surface area contributed by atoms with Crippen molar-refractivity contribution >= 4 is 23.7 Å². The lowest BCUT2D eigenvalue weighted by Gasteiger charge is -2.31. The summed E-state index contributed by atoms with van der Waals surface area (Å²) >= 11 is 0. The van der Waals surface area contributed by atoms with Gasteiger partial charge in [0.1, 0.15) is 18.1 Å². The number of likely N-dealkylation sites (tertiary alicyclic amines) is 1. The summed E-state index contributed by atoms with van der Waals surface area (Å²) in [6.45, 7) is 6.26. The van der Waals surface area contributed by atoms with Crippen LogP contribution in [0, 0.1) is 12.8 Å². The summed E-state index contributed by atoms with van der Waals surface area (Å²) in [5.74, 6) is -1.63. The molecule has 9 heteroatoms. The number of hydrogen-bond donors (Lipinski definition) is 2. The van der Waals surface area contributed by atoms with Gasteiger partial charge in [0.25, 0.3) is 5.91 Å². The average molecular weight is 522 g/mol. The number of rotatable bonds is 9. The number of hydrogen-bond acceptors (Lipinski definition) is 6. The Morgan fingerprint density at radius 1 is 1.11 bits per heavy atom. The molecule has 202 valence electrons. The highest BCUT2D eigenvalue weighted by molar-refractivity contribution is 5.98. The lowest BCUT2D eigenvalue weighted by Crippen LogP contribution is -2.56. The van der Waals surface area contributed by atoms with Crippen LogP contribution in [0.4, 0.5) is 0 Å². The SMILES string of the molecule is Cc1cccc(C(=O)N[C@H](C(=O)N2CCC[C@H]2C(=O)N[C@H]2CC(=O)OC2OCc2ccccc2)C(C)C)c1. The maximum absolute atomic E-state index is 13.6. The van der Waals surface area contributed by atoms with Crippen molar-refractivity contribution in [1.29, 1.82) is 0 Å².